The first-order chi connectivity index (χ1) is 6.63. The van der Waals surface area contributed by atoms with Gasteiger partial charge < -0.3 is 0 Å². The van der Waals surface area contributed by atoms with Crippen molar-refractivity contribution in [3.05, 3.63) is 28.5 Å². The molecule has 1 aromatic carbocycles. The van der Waals surface area contributed by atoms with Crippen molar-refractivity contribution in [3.63, 3.8) is 0 Å². The summed E-state index contributed by atoms with van der Waals surface area (Å²) in [5.41, 5.74) is 5.76. The van der Waals surface area contributed by atoms with Gasteiger partial charge in [-0.3, -0.25) is 15.6 Å². The fraction of sp³-hybridized carbons (Fsp3) is 0.222. The van der Waals surface area contributed by atoms with Crippen LogP contribution in [0.25, 0.3) is 0 Å². The van der Waals surface area contributed by atoms with Crippen molar-refractivity contribution in [1.82, 2.24) is 5.43 Å². The fourth-order valence-corrected chi connectivity index (χ4v) is 1.18. The molecule has 1 rings (SSSR count). The Balaban J connectivity index is 2.60. The Morgan fingerprint density at radius 3 is 2.86 bits per heavy atom. The van der Waals surface area contributed by atoms with E-state index in [-0.39, 0.29) is 11.7 Å². The molecular weight excluding hydrogens is 251 g/mol. The van der Waals surface area contributed by atoms with E-state index in [1.54, 1.807) is 13.0 Å². The van der Waals surface area contributed by atoms with Crippen LogP contribution in [-0.2, 0) is 4.79 Å². The molecule has 0 bridgehead atoms. The van der Waals surface area contributed by atoms with Crippen LogP contribution < -0.4 is 10.9 Å². The molecule has 0 aliphatic rings. The van der Waals surface area contributed by atoms with Gasteiger partial charge in [-0.1, -0.05) is 6.92 Å². The smallest absolute Gasteiger partial charge is 0.238 e. The molecule has 0 atom stereocenters. The fourth-order valence-electron chi connectivity index (χ4n) is 0.804. The highest BCUT2D eigenvalue weighted by molar-refractivity contribution is 9.10. The topological polar surface area (TPSA) is 41.1 Å². The molecule has 0 radical (unpaired) electrons. The molecular formula is C9H10BrFN2O. The molecule has 0 aliphatic carbocycles. The number of rotatable bonds is 3. The molecule has 76 valence electrons. The molecule has 0 aliphatic heterocycles. The number of hydrogen-bond donors (Lipinski definition) is 2. The van der Waals surface area contributed by atoms with Crippen molar-refractivity contribution >= 4 is 27.5 Å². The minimum absolute atomic E-state index is 0.120. The predicted octanol–water partition coefficient (Wildman–Crippen LogP) is 2.44. The number of carbonyl (C=O) groups is 1. The van der Waals surface area contributed by atoms with Crippen LogP contribution in [0, 0.1) is 5.82 Å². The van der Waals surface area contributed by atoms with Crippen LogP contribution >= 0.6 is 15.9 Å². The molecule has 0 saturated carbocycles. The standard InChI is InChI=1S/C9H10BrFN2O/c1-2-9(14)13-12-6-3-4-8(11)7(10)5-6/h3-5,12H,2H2,1H3,(H,13,14). The molecule has 0 heterocycles. The summed E-state index contributed by atoms with van der Waals surface area (Å²) in [6.45, 7) is 1.75. The Morgan fingerprint density at radius 2 is 2.29 bits per heavy atom. The van der Waals surface area contributed by atoms with Gasteiger partial charge in [-0.25, -0.2) is 4.39 Å². The van der Waals surface area contributed by atoms with E-state index in [2.05, 4.69) is 26.8 Å². The molecule has 0 fully saturated rings. The quantitative estimate of drug-likeness (QED) is 0.820. The number of anilines is 1. The number of carbonyl (C=O) groups excluding carboxylic acids is 1. The van der Waals surface area contributed by atoms with Gasteiger partial charge in [0.05, 0.1) is 10.2 Å². The minimum Gasteiger partial charge on any atom is -0.299 e. The summed E-state index contributed by atoms with van der Waals surface area (Å²) in [7, 11) is 0. The SMILES string of the molecule is CCC(=O)NNc1ccc(F)c(Br)c1. The molecule has 5 heteroatoms. The lowest BCUT2D eigenvalue weighted by molar-refractivity contribution is -0.120. The van der Waals surface area contributed by atoms with Crippen LogP contribution in [0.2, 0.25) is 0 Å². The summed E-state index contributed by atoms with van der Waals surface area (Å²) < 4.78 is 13.2. The highest BCUT2D eigenvalue weighted by Crippen LogP contribution is 2.19. The van der Waals surface area contributed by atoms with Crippen LogP contribution in [0.15, 0.2) is 22.7 Å². The van der Waals surface area contributed by atoms with Gasteiger partial charge in [0.2, 0.25) is 5.91 Å². The van der Waals surface area contributed by atoms with E-state index in [0.717, 1.165) is 0 Å². The number of benzene rings is 1. The van der Waals surface area contributed by atoms with Gasteiger partial charge in [-0.2, -0.15) is 0 Å². The van der Waals surface area contributed by atoms with Crippen LogP contribution in [0.1, 0.15) is 13.3 Å². The molecule has 14 heavy (non-hydrogen) atoms. The first kappa shape index (κ1) is 11.0. The molecule has 0 saturated heterocycles. The summed E-state index contributed by atoms with van der Waals surface area (Å²) in [5, 5.41) is 0. The third-order valence-corrected chi connectivity index (χ3v) is 2.19. The first-order valence-corrected chi connectivity index (χ1v) is 4.92. The van der Waals surface area contributed by atoms with Crippen LogP contribution in [0.3, 0.4) is 0 Å². The number of nitrogens with one attached hydrogen (secondary N) is 2. The normalized spacial score (nSPS) is 9.64. The zero-order valence-electron chi connectivity index (χ0n) is 7.60. The van der Waals surface area contributed by atoms with Gasteiger partial charge in [-0.05, 0) is 34.1 Å². The summed E-state index contributed by atoms with van der Waals surface area (Å²) >= 11 is 3.04. The lowest BCUT2D eigenvalue weighted by atomic mass is 10.3. The molecule has 1 amide bonds. The van der Waals surface area contributed by atoms with Gasteiger partial charge in [-0.15, -0.1) is 0 Å². The van der Waals surface area contributed by atoms with Gasteiger partial charge in [0.25, 0.3) is 0 Å². The first-order valence-electron chi connectivity index (χ1n) is 4.13. The van der Waals surface area contributed by atoms with Gasteiger partial charge >= 0.3 is 0 Å². The highest BCUT2D eigenvalue weighted by Gasteiger charge is 2.00. The van der Waals surface area contributed by atoms with Crippen molar-refractivity contribution < 1.29 is 9.18 Å². The van der Waals surface area contributed by atoms with Crippen molar-refractivity contribution in [2.45, 2.75) is 13.3 Å². The maximum absolute atomic E-state index is 12.8. The number of hydrogen-bond acceptors (Lipinski definition) is 2. The van der Waals surface area contributed by atoms with E-state index in [9.17, 15) is 9.18 Å². The lowest BCUT2D eigenvalue weighted by Gasteiger charge is -2.07. The van der Waals surface area contributed by atoms with Crippen molar-refractivity contribution in [2.24, 2.45) is 0 Å². The monoisotopic (exact) mass is 260 g/mol. The average Bonchev–Trinajstić information content (AvgIpc) is 2.19. The van der Waals surface area contributed by atoms with Crippen molar-refractivity contribution in [3.8, 4) is 0 Å². The van der Waals surface area contributed by atoms with Crippen molar-refractivity contribution in [1.29, 1.82) is 0 Å². The molecule has 2 N–H and O–H groups in total. The Hall–Kier alpha value is -1.10. The van der Waals surface area contributed by atoms with E-state index in [1.807, 2.05) is 0 Å². The van der Waals surface area contributed by atoms with Crippen LogP contribution in [0.4, 0.5) is 10.1 Å². The molecule has 0 unspecified atom stereocenters. The largest absolute Gasteiger partial charge is 0.299 e. The maximum Gasteiger partial charge on any atom is 0.238 e. The Kier molecular flexibility index (Phi) is 3.88. The third kappa shape index (κ3) is 2.99. The Bertz CT molecular complexity index is 344. The number of amides is 1. The zero-order chi connectivity index (χ0) is 10.6. The van der Waals surface area contributed by atoms with Gasteiger partial charge in [0.1, 0.15) is 5.82 Å². The van der Waals surface area contributed by atoms with E-state index >= 15 is 0 Å². The van der Waals surface area contributed by atoms with E-state index in [0.29, 0.717) is 16.6 Å². The average molecular weight is 261 g/mol. The predicted molar refractivity (Wildman–Crippen MR) is 56.2 cm³/mol. The molecule has 0 aromatic heterocycles. The van der Waals surface area contributed by atoms with E-state index in [1.165, 1.54) is 12.1 Å². The summed E-state index contributed by atoms with van der Waals surface area (Å²) in [6, 6.07) is 4.39. The Morgan fingerprint density at radius 1 is 1.57 bits per heavy atom. The molecule has 3 nitrogen and oxygen atoms in total. The number of halogens is 2. The van der Waals surface area contributed by atoms with Gasteiger partial charge in [0.15, 0.2) is 0 Å². The van der Waals surface area contributed by atoms with Gasteiger partial charge in [0, 0.05) is 6.42 Å². The number of hydrazine groups is 1. The van der Waals surface area contributed by atoms with Crippen LogP contribution in [-0.4, -0.2) is 5.91 Å². The summed E-state index contributed by atoms with van der Waals surface area (Å²) in [6.07, 6.45) is 0.398. The van der Waals surface area contributed by atoms with Crippen molar-refractivity contribution in [2.75, 3.05) is 5.43 Å². The second kappa shape index (κ2) is 4.95. The van der Waals surface area contributed by atoms with E-state index in [4.69, 9.17) is 0 Å². The second-order valence-electron chi connectivity index (χ2n) is 2.66. The Labute approximate surface area is 89.8 Å². The van der Waals surface area contributed by atoms with E-state index < -0.39 is 0 Å². The second-order valence-corrected chi connectivity index (χ2v) is 3.51. The minimum atomic E-state index is -0.336. The lowest BCUT2D eigenvalue weighted by Crippen LogP contribution is -2.28. The molecule has 0 spiro atoms. The summed E-state index contributed by atoms with van der Waals surface area (Å²) in [5.74, 6) is -0.456. The zero-order valence-corrected chi connectivity index (χ0v) is 9.19. The maximum atomic E-state index is 12.8. The third-order valence-electron chi connectivity index (χ3n) is 1.59. The van der Waals surface area contributed by atoms with Crippen LogP contribution in [0.5, 0.6) is 0 Å². The summed E-state index contributed by atoms with van der Waals surface area (Å²) in [4.78, 5) is 10.9. The molecule has 1 aromatic rings. The highest BCUT2D eigenvalue weighted by atomic mass is 79.9.